The molecule has 106 valence electrons. The number of piperazine rings is 1. The van der Waals surface area contributed by atoms with E-state index in [2.05, 4.69) is 35.9 Å². The highest BCUT2D eigenvalue weighted by Gasteiger charge is 2.26. The predicted molar refractivity (Wildman–Crippen MR) is 78.5 cm³/mol. The Bertz CT molecular complexity index is 383. The highest BCUT2D eigenvalue weighted by atomic mass is 16.5. The molecule has 0 bridgehead atoms. The van der Waals surface area contributed by atoms with Crippen molar-refractivity contribution in [3.05, 3.63) is 29.8 Å². The summed E-state index contributed by atoms with van der Waals surface area (Å²) in [6, 6.07) is 8.70. The quantitative estimate of drug-likeness (QED) is 0.890. The summed E-state index contributed by atoms with van der Waals surface area (Å²) in [5.74, 6) is 0.894. The lowest BCUT2D eigenvalue weighted by atomic mass is 9.98. The van der Waals surface area contributed by atoms with Gasteiger partial charge in [0.25, 0.3) is 0 Å². The number of ether oxygens (including phenoxy) is 1. The van der Waals surface area contributed by atoms with Gasteiger partial charge in [0.05, 0.1) is 7.11 Å². The molecule has 1 saturated heterocycles. The second-order valence-electron chi connectivity index (χ2n) is 5.42. The SMILES string of the molecule is COc1ccc(C(C(C)N)N2CCN(C)CC2)cc1. The molecule has 0 radical (unpaired) electrons. The fourth-order valence-electron chi connectivity index (χ4n) is 2.75. The Morgan fingerprint density at radius 1 is 1.11 bits per heavy atom. The molecule has 2 rings (SSSR count). The molecular weight excluding hydrogens is 238 g/mol. The Balaban J connectivity index is 2.14. The summed E-state index contributed by atoms with van der Waals surface area (Å²) >= 11 is 0. The molecule has 1 aromatic carbocycles. The van der Waals surface area contributed by atoms with Crippen LogP contribution < -0.4 is 10.5 Å². The van der Waals surface area contributed by atoms with Gasteiger partial charge >= 0.3 is 0 Å². The van der Waals surface area contributed by atoms with Crippen LogP contribution >= 0.6 is 0 Å². The molecule has 1 aliphatic heterocycles. The lowest BCUT2D eigenvalue weighted by Crippen LogP contribution is -2.49. The Hall–Kier alpha value is -1.10. The van der Waals surface area contributed by atoms with E-state index in [4.69, 9.17) is 10.5 Å². The van der Waals surface area contributed by atoms with Crippen molar-refractivity contribution in [2.75, 3.05) is 40.3 Å². The van der Waals surface area contributed by atoms with Crippen LogP contribution in [0.15, 0.2) is 24.3 Å². The molecule has 0 aromatic heterocycles. The second-order valence-corrected chi connectivity index (χ2v) is 5.42. The van der Waals surface area contributed by atoms with Gasteiger partial charge in [-0.2, -0.15) is 0 Å². The number of rotatable bonds is 4. The number of hydrogen-bond donors (Lipinski definition) is 1. The van der Waals surface area contributed by atoms with Gasteiger partial charge in [-0.3, -0.25) is 4.90 Å². The monoisotopic (exact) mass is 263 g/mol. The van der Waals surface area contributed by atoms with Crippen molar-refractivity contribution < 1.29 is 4.74 Å². The van der Waals surface area contributed by atoms with E-state index in [-0.39, 0.29) is 6.04 Å². The second kappa shape index (κ2) is 6.37. The maximum absolute atomic E-state index is 6.22. The smallest absolute Gasteiger partial charge is 0.118 e. The number of benzene rings is 1. The molecule has 1 fully saturated rings. The van der Waals surface area contributed by atoms with Crippen LogP contribution in [0.1, 0.15) is 18.5 Å². The third kappa shape index (κ3) is 3.47. The summed E-state index contributed by atoms with van der Waals surface area (Å²) in [6.07, 6.45) is 0. The predicted octanol–water partition coefficient (Wildman–Crippen LogP) is 1.33. The Morgan fingerprint density at radius 3 is 2.16 bits per heavy atom. The number of likely N-dealkylation sites (N-methyl/N-ethyl adjacent to an activating group) is 1. The molecule has 0 saturated carbocycles. The average Bonchev–Trinajstić information content (AvgIpc) is 2.42. The van der Waals surface area contributed by atoms with Gasteiger partial charge in [0.2, 0.25) is 0 Å². The minimum atomic E-state index is 0.122. The van der Waals surface area contributed by atoms with Crippen LogP contribution in [0.3, 0.4) is 0 Å². The third-order valence-corrected chi connectivity index (χ3v) is 3.89. The van der Waals surface area contributed by atoms with Crippen LogP contribution in [0.4, 0.5) is 0 Å². The summed E-state index contributed by atoms with van der Waals surface area (Å²) < 4.78 is 5.22. The fraction of sp³-hybridized carbons (Fsp3) is 0.600. The lowest BCUT2D eigenvalue weighted by Gasteiger charge is -2.40. The Morgan fingerprint density at radius 2 is 1.68 bits per heavy atom. The van der Waals surface area contributed by atoms with E-state index < -0.39 is 0 Å². The van der Waals surface area contributed by atoms with Gasteiger partial charge in [0, 0.05) is 38.3 Å². The normalized spacial score (nSPS) is 21.1. The van der Waals surface area contributed by atoms with Crippen LogP contribution in [-0.4, -0.2) is 56.2 Å². The topological polar surface area (TPSA) is 41.7 Å². The van der Waals surface area contributed by atoms with Crippen LogP contribution in [0, 0.1) is 0 Å². The van der Waals surface area contributed by atoms with Gasteiger partial charge in [-0.25, -0.2) is 0 Å². The van der Waals surface area contributed by atoms with Crippen molar-refractivity contribution >= 4 is 0 Å². The first-order chi connectivity index (χ1) is 9.11. The first kappa shape index (κ1) is 14.3. The number of hydrogen-bond acceptors (Lipinski definition) is 4. The number of methoxy groups -OCH3 is 1. The molecule has 4 heteroatoms. The van der Waals surface area contributed by atoms with Gasteiger partial charge in [0.1, 0.15) is 5.75 Å². The summed E-state index contributed by atoms with van der Waals surface area (Å²) in [5, 5.41) is 0. The van der Waals surface area contributed by atoms with Crippen molar-refractivity contribution in [3.63, 3.8) is 0 Å². The molecular formula is C15H25N3O. The molecule has 2 unspecified atom stereocenters. The van der Waals surface area contributed by atoms with E-state index in [0.29, 0.717) is 6.04 Å². The summed E-state index contributed by atoms with van der Waals surface area (Å²) in [7, 11) is 3.87. The van der Waals surface area contributed by atoms with E-state index in [1.165, 1.54) is 5.56 Å². The van der Waals surface area contributed by atoms with E-state index in [9.17, 15) is 0 Å². The molecule has 4 nitrogen and oxygen atoms in total. The highest BCUT2D eigenvalue weighted by molar-refractivity contribution is 5.30. The number of nitrogens with two attached hydrogens (primary N) is 1. The largest absolute Gasteiger partial charge is 0.497 e. The molecule has 1 aliphatic rings. The van der Waals surface area contributed by atoms with Crippen molar-refractivity contribution in [1.82, 2.24) is 9.80 Å². The van der Waals surface area contributed by atoms with Crippen LogP contribution in [0.5, 0.6) is 5.75 Å². The van der Waals surface area contributed by atoms with Gasteiger partial charge in [-0.15, -0.1) is 0 Å². The van der Waals surface area contributed by atoms with Gasteiger partial charge in [0.15, 0.2) is 0 Å². The summed E-state index contributed by atoms with van der Waals surface area (Å²) in [5.41, 5.74) is 7.50. The maximum atomic E-state index is 6.22. The van der Waals surface area contributed by atoms with Crippen LogP contribution in [0.2, 0.25) is 0 Å². The standard InChI is InChI=1S/C15H25N3O/c1-12(16)15(18-10-8-17(2)9-11-18)13-4-6-14(19-3)7-5-13/h4-7,12,15H,8-11,16H2,1-3H3. The van der Waals surface area contributed by atoms with Gasteiger partial charge < -0.3 is 15.4 Å². The summed E-state index contributed by atoms with van der Waals surface area (Å²) in [4.78, 5) is 4.86. The Labute approximate surface area is 116 Å². The first-order valence-electron chi connectivity index (χ1n) is 6.94. The highest BCUT2D eigenvalue weighted by Crippen LogP contribution is 2.26. The zero-order valence-electron chi connectivity index (χ0n) is 12.2. The molecule has 1 aromatic rings. The average molecular weight is 263 g/mol. The summed E-state index contributed by atoms with van der Waals surface area (Å²) in [6.45, 7) is 6.47. The minimum Gasteiger partial charge on any atom is -0.497 e. The van der Waals surface area contributed by atoms with Crippen molar-refractivity contribution in [2.45, 2.75) is 19.0 Å². The fourth-order valence-corrected chi connectivity index (χ4v) is 2.75. The van der Waals surface area contributed by atoms with Crippen molar-refractivity contribution in [1.29, 1.82) is 0 Å². The molecule has 1 heterocycles. The molecule has 0 spiro atoms. The van der Waals surface area contributed by atoms with Crippen molar-refractivity contribution in [2.24, 2.45) is 5.73 Å². The lowest BCUT2D eigenvalue weighted by molar-refractivity contribution is 0.101. The van der Waals surface area contributed by atoms with E-state index in [1.807, 2.05) is 12.1 Å². The molecule has 2 N–H and O–H groups in total. The van der Waals surface area contributed by atoms with Gasteiger partial charge in [-0.1, -0.05) is 12.1 Å². The molecule has 19 heavy (non-hydrogen) atoms. The van der Waals surface area contributed by atoms with E-state index >= 15 is 0 Å². The first-order valence-corrected chi connectivity index (χ1v) is 6.94. The zero-order valence-corrected chi connectivity index (χ0v) is 12.2. The van der Waals surface area contributed by atoms with E-state index in [0.717, 1.165) is 31.9 Å². The molecule has 0 aliphatic carbocycles. The van der Waals surface area contributed by atoms with E-state index in [1.54, 1.807) is 7.11 Å². The minimum absolute atomic E-state index is 0.122. The van der Waals surface area contributed by atoms with Crippen molar-refractivity contribution in [3.8, 4) is 5.75 Å². The van der Waals surface area contributed by atoms with Crippen LogP contribution in [0.25, 0.3) is 0 Å². The molecule has 2 atom stereocenters. The maximum Gasteiger partial charge on any atom is 0.118 e. The van der Waals surface area contributed by atoms with Crippen LogP contribution in [-0.2, 0) is 0 Å². The zero-order chi connectivity index (χ0) is 13.8. The Kier molecular flexibility index (Phi) is 4.80. The molecule has 0 amide bonds. The third-order valence-electron chi connectivity index (χ3n) is 3.89. The number of nitrogens with zero attached hydrogens (tertiary/aromatic N) is 2. The van der Waals surface area contributed by atoms with Gasteiger partial charge in [-0.05, 0) is 31.7 Å².